The van der Waals surface area contributed by atoms with E-state index in [4.69, 9.17) is 26.2 Å². The normalized spacial score (nSPS) is 22.2. The zero-order chi connectivity index (χ0) is 18.7. The second-order valence-electron chi connectivity index (χ2n) is 7.28. The lowest BCUT2D eigenvalue weighted by atomic mass is 9.85. The molecular weight excluding hydrogens is 356 g/mol. The van der Waals surface area contributed by atoms with E-state index in [0.717, 1.165) is 24.9 Å². The minimum absolute atomic E-state index is 0.152. The summed E-state index contributed by atoms with van der Waals surface area (Å²) in [6.07, 6.45) is 4.46. The molecule has 0 heterocycles. The van der Waals surface area contributed by atoms with E-state index >= 15 is 0 Å². The van der Waals surface area contributed by atoms with Crippen molar-refractivity contribution in [1.82, 2.24) is 10.2 Å². The molecule has 2 saturated carbocycles. The number of halogens is 1. The number of hydrogen-bond donors (Lipinski definition) is 2. The molecule has 2 fully saturated rings. The van der Waals surface area contributed by atoms with E-state index in [9.17, 15) is 4.79 Å². The largest absolute Gasteiger partial charge is 0.493 e. The fraction of sp³-hybridized carbons (Fsp3) is 0.632. The van der Waals surface area contributed by atoms with Crippen molar-refractivity contribution in [2.75, 3.05) is 27.3 Å². The highest BCUT2D eigenvalue weighted by atomic mass is 35.5. The summed E-state index contributed by atoms with van der Waals surface area (Å²) in [5, 5.41) is 13.2. The smallest absolute Gasteiger partial charge is 0.317 e. The Morgan fingerprint density at radius 2 is 2.04 bits per heavy atom. The lowest BCUT2D eigenvalue weighted by Gasteiger charge is -2.43. The highest BCUT2D eigenvalue weighted by Crippen LogP contribution is 2.37. The number of aliphatic carboxylic acids is 1. The minimum Gasteiger partial charge on any atom is -0.493 e. The summed E-state index contributed by atoms with van der Waals surface area (Å²) >= 11 is 6.25. The molecule has 26 heavy (non-hydrogen) atoms. The van der Waals surface area contributed by atoms with Gasteiger partial charge >= 0.3 is 5.97 Å². The number of carboxylic acids is 1. The monoisotopic (exact) mass is 382 g/mol. The predicted molar refractivity (Wildman–Crippen MR) is 100 cm³/mol. The zero-order valence-electron chi connectivity index (χ0n) is 15.3. The molecule has 0 atom stereocenters. The van der Waals surface area contributed by atoms with Crippen LogP contribution in [-0.4, -0.2) is 55.4 Å². The summed E-state index contributed by atoms with van der Waals surface area (Å²) in [4.78, 5) is 13.2. The zero-order valence-corrected chi connectivity index (χ0v) is 16.1. The quantitative estimate of drug-likeness (QED) is 0.648. The van der Waals surface area contributed by atoms with E-state index < -0.39 is 5.97 Å². The van der Waals surface area contributed by atoms with Gasteiger partial charge in [0.15, 0.2) is 11.5 Å². The van der Waals surface area contributed by atoms with Crippen LogP contribution in [0.5, 0.6) is 11.5 Å². The lowest BCUT2D eigenvalue weighted by Crippen LogP contribution is -2.54. The number of ether oxygens (including phenoxy) is 2. The third kappa shape index (κ3) is 4.81. The van der Waals surface area contributed by atoms with Gasteiger partial charge in [0.1, 0.15) is 0 Å². The van der Waals surface area contributed by atoms with Crippen molar-refractivity contribution in [3.05, 3.63) is 22.7 Å². The molecule has 2 aliphatic carbocycles. The first-order chi connectivity index (χ1) is 12.5. The first kappa shape index (κ1) is 19.3. The number of benzene rings is 1. The van der Waals surface area contributed by atoms with Crippen LogP contribution in [0.3, 0.4) is 0 Å². The molecule has 1 aromatic carbocycles. The van der Waals surface area contributed by atoms with Crippen molar-refractivity contribution in [1.29, 1.82) is 0 Å². The number of methoxy groups -OCH3 is 2. The summed E-state index contributed by atoms with van der Waals surface area (Å²) < 4.78 is 10.6. The number of rotatable bonds is 10. The van der Waals surface area contributed by atoms with Crippen molar-refractivity contribution in [3.8, 4) is 11.5 Å². The molecular formula is C19H27ClN2O4. The SMILES string of the molecule is COc1cc(CNC2CC(N(CC(=O)O)CC3CC3)C2)cc(Cl)c1OC. The molecule has 0 bridgehead atoms. The maximum Gasteiger partial charge on any atom is 0.317 e. The summed E-state index contributed by atoms with van der Waals surface area (Å²) in [7, 11) is 3.17. The van der Waals surface area contributed by atoms with Crippen LogP contribution in [0.25, 0.3) is 0 Å². The van der Waals surface area contributed by atoms with Gasteiger partial charge in [-0.3, -0.25) is 9.69 Å². The Balaban J connectivity index is 1.49. The second kappa shape index (κ2) is 8.46. The maximum absolute atomic E-state index is 11.1. The molecule has 0 radical (unpaired) electrons. The van der Waals surface area contributed by atoms with Crippen LogP contribution in [0.4, 0.5) is 0 Å². The Labute approximate surface area is 159 Å². The summed E-state index contributed by atoms with van der Waals surface area (Å²) in [5.41, 5.74) is 1.04. The van der Waals surface area contributed by atoms with Gasteiger partial charge < -0.3 is 19.9 Å². The van der Waals surface area contributed by atoms with E-state index in [-0.39, 0.29) is 6.54 Å². The van der Waals surface area contributed by atoms with Crippen LogP contribution < -0.4 is 14.8 Å². The highest BCUT2D eigenvalue weighted by molar-refractivity contribution is 6.32. The van der Waals surface area contributed by atoms with Gasteiger partial charge in [-0.1, -0.05) is 11.6 Å². The molecule has 2 N–H and O–H groups in total. The number of nitrogens with one attached hydrogen (secondary N) is 1. The van der Waals surface area contributed by atoms with E-state index in [2.05, 4.69) is 10.2 Å². The van der Waals surface area contributed by atoms with Crippen LogP contribution in [0.15, 0.2) is 12.1 Å². The average Bonchev–Trinajstić information content (AvgIpc) is 3.36. The van der Waals surface area contributed by atoms with E-state index in [0.29, 0.717) is 41.1 Å². The third-order valence-electron chi connectivity index (χ3n) is 5.25. The molecule has 0 unspecified atom stereocenters. The van der Waals surface area contributed by atoms with Crippen LogP contribution in [0, 0.1) is 5.92 Å². The average molecular weight is 383 g/mol. The van der Waals surface area contributed by atoms with Gasteiger partial charge in [-0.15, -0.1) is 0 Å². The first-order valence-corrected chi connectivity index (χ1v) is 9.47. The summed E-state index contributed by atoms with van der Waals surface area (Å²) in [6.45, 7) is 1.77. The lowest BCUT2D eigenvalue weighted by molar-refractivity contribution is -0.139. The fourth-order valence-electron chi connectivity index (χ4n) is 3.54. The van der Waals surface area contributed by atoms with Crippen LogP contribution in [-0.2, 0) is 11.3 Å². The number of nitrogens with zero attached hydrogens (tertiary/aromatic N) is 1. The van der Waals surface area contributed by atoms with Gasteiger partial charge in [0.05, 0.1) is 25.8 Å². The highest BCUT2D eigenvalue weighted by Gasteiger charge is 2.36. The van der Waals surface area contributed by atoms with Gasteiger partial charge in [0, 0.05) is 25.2 Å². The number of carbonyl (C=O) groups is 1. The van der Waals surface area contributed by atoms with Crippen LogP contribution in [0.1, 0.15) is 31.2 Å². The maximum atomic E-state index is 11.1. The van der Waals surface area contributed by atoms with E-state index in [1.54, 1.807) is 14.2 Å². The fourth-order valence-corrected chi connectivity index (χ4v) is 3.85. The molecule has 0 aromatic heterocycles. The van der Waals surface area contributed by atoms with Gasteiger partial charge in [-0.05, 0) is 49.3 Å². The topological polar surface area (TPSA) is 71.0 Å². The summed E-state index contributed by atoms with van der Waals surface area (Å²) in [5.74, 6) is 1.14. The van der Waals surface area contributed by atoms with E-state index in [1.165, 1.54) is 12.8 Å². The standard InChI is InChI=1S/C19H27ClN2O4/c1-25-17-6-13(5-16(20)19(17)26-2)9-21-14-7-15(8-14)22(11-18(23)24)10-12-3-4-12/h5-6,12,14-15,21H,3-4,7-11H2,1-2H3,(H,23,24). The Morgan fingerprint density at radius 1 is 1.31 bits per heavy atom. The van der Waals surface area contributed by atoms with Crippen molar-refractivity contribution in [2.45, 2.75) is 44.3 Å². The van der Waals surface area contributed by atoms with Gasteiger partial charge in [0.2, 0.25) is 0 Å². The van der Waals surface area contributed by atoms with Crippen molar-refractivity contribution >= 4 is 17.6 Å². The number of carboxylic acid groups (broad SMARTS) is 1. The molecule has 3 rings (SSSR count). The van der Waals surface area contributed by atoms with Crippen molar-refractivity contribution in [2.24, 2.45) is 5.92 Å². The Morgan fingerprint density at radius 3 is 2.62 bits per heavy atom. The Hall–Kier alpha value is -1.50. The molecule has 0 amide bonds. The second-order valence-corrected chi connectivity index (χ2v) is 7.69. The predicted octanol–water partition coefficient (Wildman–Crippen LogP) is 2.77. The third-order valence-corrected chi connectivity index (χ3v) is 5.53. The molecule has 2 aliphatic rings. The number of hydrogen-bond acceptors (Lipinski definition) is 5. The minimum atomic E-state index is -0.734. The molecule has 0 saturated heterocycles. The van der Waals surface area contributed by atoms with Crippen molar-refractivity contribution in [3.63, 3.8) is 0 Å². The van der Waals surface area contributed by atoms with E-state index in [1.807, 2.05) is 12.1 Å². The van der Waals surface area contributed by atoms with Gasteiger partial charge in [-0.2, -0.15) is 0 Å². The molecule has 7 heteroatoms. The molecule has 0 aliphatic heterocycles. The van der Waals surface area contributed by atoms with Gasteiger partial charge in [0.25, 0.3) is 0 Å². The molecule has 144 valence electrons. The summed E-state index contributed by atoms with van der Waals surface area (Å²) in [6, 6.07) is 4.59. The van der Waals surface area contributed by atoms with Crippen molar-refractivity contribution < 1.29 is 19.4 Å². The molecule has 1 aromatic rings. The first-order valence-electron chi connectivity index (χ1n) is 9.09. The van der Waals surface area contributed by atoms with Gasteiger partial charge in [-0.25, -0.2) is 0 Å². The molecule has 0 spiro atoms. The Bertz CT molecular complexity index is 645. The van der Waals surface area contributed by atoms with Crippen LogP contribution in [0.2, 0.25) is 5.02 Å². The molecule has 6 nitrogen and oxygen atoms in total. The van der Waals surface area contributed by atoms with Crippen LogP contribution >= 0.6 is 11.6 Å². The Kier molecular flexibility index (Phi) is 6.27.